The molecule has 5 heteroatoms. The van der Waals surface area contributed by atoms with Gasteiger partial charge in [0, 0.05) is 12.1 Å². The molecule has 0 fully saturated rings. The third-order valence-electron chi connectivity index (χ3n) is 1.28. The lowest BCUT2D eigenvalue weighted by Crippen LogP contribution is -2.11. The van der Waals surface area contributed by atoms with Gasteiger partial charge in [-0.2, -0.15) is 5.10 Å². The second-order valence-corrected chi connectivity index (χ2v) is 2.83. The Hall–Kier alpha value is -1.52. The van der Waals surface area contributed by atoms with Crippen molar-refractivity contribution in [1.29, 1.82) is 0 Å². The molecule has 1 aromatic rings. The normalized spacial score (nSPS) is 10.2. The SMILES string of the molecule is CC(C)Nc1cc(C(N)=O)[nH]n1. The molecule has 0 bridgehead atoms. The zero-order valence-electron chi connectivity index (χ0n) is 7.09. The van der Waals surface area contributed by atoms with Crippen molar-refractivity contribution in [3.63, 3.8) is 0 Å². The van der Waals surface area contributed by atoms with E-state index in [9.17, 15) is 4.79 Å². The predicted molar refractivity (Wildman–Crippen MR) is 45.9 cm³/mol. The zero-order valence-corrected chi connectivity index (χ0v) is 7.09. The summed E-state index contributed by atoms with van der Waals surface area (Å²) in [7, 11) is 0. The van der Waals surface area contributed by atoms with E-state index in [2.05, 4.69) is 15.5 Å². The van der Waals surface area contributed by atoms with E-state index in [-0.39, 0.29) is 6.04 Å². The number of H-pyrrole nitrogens is 1. The highest BCUT2D eigenvalue weighted by molar-refractivity contribution is 5.91. The molecule has 0 aliphatic heterocycles. The molecule has 0 spiro atoms. The maximum Gasteiger partial charge on any atom is 0.266 e. The second-order valence-electron chi connectivity index (χ2n) is 2.83. The average Bonchev–Trinajstić information content (AvgIpc) is 2.34. The Bertz CT molecular complexity index is 279. The van der Waals surface area contributed by atoms with Gasteiger partial charge in [-0.05, 0) is 13.8 Å². The van der Waals surface area contributed by atoms with Crippen LogP contribution in [0.25, 0.3) is 0 Å². The number of aromatic nitrogens is 2. The molecule has 1 aromatic heterocycles. The minimum absolute atomic E-state index is 0.286. The predicted octanol–water partition coefficient (Wildman–Crippen LogP) is 0.329. The van der Waals surface area contributed by atoms with Crippen LogP contribution in [0.1, 0.15) is 24.3 Å². The van der Waals surface area contributed by atoms with Gasteiger partial charge in [0.05, 0.1) is 0 Å². The first-order valence-corrected chi connectivity index (χ1v) is 3.71. The fourth-order valence-corrected chi connectivity index (χ4v) is 0.818. The number of hydrogen-bond donors (Lipinski definition) is 3. The Kier molecular flexibility index (Phi) is 2.32. The summed E-state index contributed by atoms with van der Waals surface area (Å²) in [5, 5.41) is 9.39. The number of rotatable bonds is 3. The smallest absolute Gasteiger partial charge is 0.266 e. The lowest BCUT2D eigenvalue weighted by atomic mass is 10.3. The van der Waals surface area contributed by atoms with Crippen LogP contribution in [0.3, 0.4) is 0 Å². The molecule has 12 heavy (non-hydrogen) atoms. The van der Waals surface area contributed by atoms with Crippen LogP contribution in [-0.2, 0) is 0 Å². The van der Waals surface area contributed by atoms with Crippen LogP contribution in [-0.4, -0.2) is 22.1 Å². The molecule has 0 aromatic carbocycles. The van der Waals surface area contributed by atoms with E-state index < -0.39 is 5.91 Å². The van der Waals surface area contributed by atoms with Crippen molar-refractivity contribution in [2.24, 2.45) is 5.73 Å². The monoisotopic (exact) mass is 168 g/mol. The van der Waals surface area contributed by atoms with Crippen molar-refractivity contribution >= 4 is 11.7 Å². The van der Waals surface area contributed by atoms with Crippen molar-refractivity contribution in [3.8, 4) is 0 Å². The van der Waals surface area contributed by atoms with Gasteiger partial charge in [-0.25, -0.2) is 0 Å². The van der Waals surface area contributed by atoms with E-state index in [4.69, 9.17) is 5.73 Å². The molecule has 66 valence electrons. The Labute approximate surface area is 70.3 Å². The standard InChI is InChI=1S/C7H12N4O/c1-4(2)9-6-3-5(7(8)12)10-11-6/h3-4H,1-2H3,(H2,8,12)(H2,9,10,11). The van der Waals surface area contributed by atoms with Gasteiger partial charge >= 0.3 is 0 Å². The summed E-state index contributed by atoms with van der Waals surface area (Å²) in [5.41, 5.74) is 5.34. The van der Waals surface area contributed by atoms with Crippen molar-refractivity contribution in [2.75, 3.05) is 5.32 Å². The van der Waals surface area contributed by atoms with Crippen LogP contribution in [0, 0.1) is 0 Å². The molecular weight excluding hydrogens is 156 g/mol. The fraction of sp³-hybridized carbons (Fsp3) is 0.429. The van der Waals surface area contributed by atoms with Crippen molar-refractivity contribution in [3.05, 3.63) is 11.8 Å². The highest BCUT2D eigenvalue weighted by Gasteiger charge is 2.05. The second kappa shape index (κ2) is 3.25. The molecular formula is C7H12N4O. The van der Waals surface area contributed by atoms with E-state index in [0.29, 0.717) is 11.5 Å². The van der Waals surface area contributed by atoms with Crippen LogP contribution in [0.4, 0.5) is 5.82 Å². The van der Waals surface area contributed by atoms with Crippen LogP contribution in [0.5, 0.6) is 0 Å². The van der Waals surface area contributed by atoms with Gasteiger partial charge in [0.15, 0.2) is 0 Å². The number of carbonyl (C=O) groups excluding carboxylic acids is 1. The van der Waals surface area contributed by atoms with Gasteiger partial charge in [-0.3, -0.25) is 9.89 Å². The van der Waals surface area contributed by atoms with Gasteiger partial charge < -0.3 is 11.1 Å². The van der Waals surface area contributed by atoms with E-state index >= 15 is 0 Å². The number of aromatic amines is 1. The number of carbonyl (C=O) groups is 1. The molecule has 1 heterocycles. The first-order chi connectivity index (χ1) is 5.59. The summed E-state index contributed by atoms with van der Waals surface area (Å²) in [5.74, 6) is 0.137. The van der Waals surface area contributed by atoms with E-state index in [1.54, 1.807) is 6.07 Å². The van der Waals surface area contributed by atoms with Crippen molar-refractivity contribution < 1.29 is 4.79 Å². The summed E-state index contributed by atoms with van der Waals surface area (Å²) in [6.07, 6.45) is 0. The Morgan fingerprint density at radius 1 is 1.75 bits per heavy atom. The third kappa shape index (κ3) is 1.98. The van der Waals surface area contributed by atoms with Crippen molar-refractivity contribution in [1.82, 2.24) is 10.2 Å². The van der Waals surface area contributed by atoms with Crippen LogP contribution >= 0.6 is 0 Å². The minimum Gasteiger partial charge on any atom is -0.366 e. The van der Waals surface area contributed by atoms with E-state index in [1.807, 2.05) is 13.8 Å². The van der Waals surface area contributed by atoms with Gasteiger partial charge in [0.25, 0.3) is 5.91 Å². The van der Waals surface area contributed by atoms with E-state index in [0.717, 1.165) is 0 Å². The lowest BCUT2D eigenvalue weighted by molar-refractivity contribution is 0.0995. The van der Waals surface area contributed by atoms with Crippen LogP contribution < -0.4 is 11.1 Å². The molecule has 5 nitrogen and oxygen atoms in total. The van der Waals surface area contributed by atoms with Gasteiger partial charge in [-0.1, -0.05) is 0 Å². The van der Waals surface area contributed by atoms with Gasteiger partial charge in [0.2, 0.25) is 0 Å². The first-order valence-electron chi connectivity index (χ1n) is 3.71. The molecule has 0 unspecified atom stereocenters. The first kappa shape index (κ1) is 8.58. The summed E-state index contributed by atoms with van der Waals surface area (Å²) in [4.78, 5) is 10.6. The average molecular weight is 168 g/mol. The van der Waals surface area contributed by atoms with Gasteiger partial charge in [0.1, 0.15) is 11.5 Å². The fourth-order valence-electron chi connectivity index (χ4n) is 0.818. The molecule has 0 aliphatic carbocycles. The number of nitrogens with zero attached hydrogens (tertiary/aromatic N) is 1. The Balaban J connectivity index is 2.71. The Morgan fingerprint density at radius 2 is 2.42 bits per heavy atom. The molecule has 4 N–H and O–H groups in total. The summed E-state index contributed by atoms with van der Waals surface area (Å²) >= 11 is 0. The number of anilines is 1. The van der Waals surface area contributed by atoms with Gasteiger partial charge in [-0.15, -0.1) is 0 Å². The highest BCUT2D eigenvalue weighted by Crippen LogP contribution is 2.05. The minimum atomic E-state index is -0.501. The third-order valence-corrected chi connectivity index (χ3v) is 1.28. The summed E-state index contributed by atoms with van der Waals surface area (Å²) < 4.78 is 0. The van der Waals surface area contributed by atoms with Crippen LogP contribution in [0.15, 0.2) is 6.07 Å². The quantitative estimate of drug-likeness (QED) is 0.608. The molecule has 1 rings (SSSR count). The number of hydrogen-bond acceptors (Lipinski definition) is 3. The molecule has 0 saturated heterocycles. The summed E-state index contributed by atoms with van der Waals surface area (Å²) in [6, 6.07) is 1.87. The maximum atomic E-state index is 10.6. The largest absolute Gasteiger partial charge is 0.366 e. The maximum absolute atomic E-state index is 10.6. The number of nitrogens with one attached hydrogen (secondary N) is 2. The zero-order chi connectivity index (χ0) is 9.14. The van der Waals surface area contributed by atoms with Crippen molar-refractivity contribution in [2.45, 2.75) is 19.9 Å². The molecule has 0 atom stereocenters. The number of primary amides is 1. The lowest BCUT2D eigenvalue weighted by Gasteiger charge is -2.03. The molecule has 1 amide bonds. The molecule has 0 aliphatic rings. The van der Waals surface area contributed by atoms with E-state index in [1.165, 1.54) is 0 Å². The van der Waals surface area contributed by atoms with Crippen LogP contribution in [0.2, 0.25) is 0 Å². The number of amides is 1. The molecule has 0 saturated carbocycles. The number of nitrogens with two attached hydrogens (primary N) is 1. The summed E-state index contributed by atoms with van der Waals surface area (Å²) in [6.45, 7) is 3.97. The Morgan fingerprint density at radius 3 is 2.83 bits per heavy atom. The highest BCUT2D eigenvalue weighted by atomic mass is 16.1. The molecule has 0 radical (unpaired) electrons. The topological polar surface area (TPSA) is 83.8 Å².